The lowest BCUT2D eigenvalue weighted by molar-refractivity contribution is -0.314. The zero-order valence-corrected chi connectivity index (χ0v) is 16.3. The molecule has 0 saturated heterocycles. The smallest absolute Gasteiger partial charge is 0.395 e. The number of hydrogen-bond donors (Lipinski definition) is 0. The lowest BCUT2D eigenvalue weighted by atomic mass is 10.2. The lowest BCUT2D eigenvalue weighted by Crippen LogP contribution is -2.45. The Morgan fingerprint density at radius 3 is 2.32 bits per heavy atom. The van der Waals surface area contributed by atoms with Crippen molar-refractivity contribution in [2.24, 2.45) is 7.05 Å². The first-order valence-corrected chi connectivity index (χ1v) is 9.29. The van der Waals surface area contributed by atoms with Crippen LogP contribution in [0.25, 0.3) is 10.2 Å². The first-order chi connectivity index (χ1) is 14.3. The Morgan fingerprint density at radius 1 is 1.13 bits per heavy atom. The van der Waals surface area contributed by atoms with Crippen LogP contribution in [0.3, 0.4) is 0 Å². The van der Waals surface area contributed by atoms with E-state index in [0.717, 1.165) is 14.5 Å². The van der Waals surface area contributed by atoms with Crippen molar-refractivity contribution in [3.8, 4) is 0 Å². The van der Waals surface area contributed by atoms with Crippen LogP contribution in [0.15, 0.2) is 45.3 Å². The first kappa shape index (κ1) is 22.6. The van der Waals surface area contributed by atoms with E-state index in [0.29, 0.717) is 16.9 Å². The molecule has 0 aliphatic carbocycles. The summed E-state index contributed by atoms with van der Waals surface area (Å²) in [6.45, 7) is -0.219. The average Bonchev–Trinajstić information content (AvgIpc) is 3.14. The molecule has 2 aromatic heterocycles. The Labute approximate surface area is 172 Å². The van der Waals surface area contributed by atoms with Gasteiger partial charge >= 0.3 is 23.9 Å². The Morgan fingerprint density at radius 2 is 1.74 bits per heavy atom. The number of ether oxygens (including phenoxy) is 1. The number of hydrogen-bond acceptors (Lipinski definition) is 5. The SMILES string of the molecule is Cn1c(=O)n(Cc2ccccc2)c(=O)c2c(C(=O)OC(F)(F)C(F)C(F)(F)F)csc21. The number of aryl methyl sites for hydroxylation is 1. The van der Waals surface area contributed by atoms with E-state index < -0.39 is 46.6 Å². The summed E-state index contributed by atoms with van der Waals surface area (Å²) in [7, 11) is 1.26. The van der Waals surface area contributed by atoms with Gasteiger partial charge in [0.1, 0.15) is 4.83 Å². The summed E-state index contributed by atoms with van der Waals surface area (Å²) in [4.78, 5) is 37.4. The molecule has 0 fully saturated rings. The monoisotopic (exact) mass is 466 g/mol. The molecule has 2 heterocycles. The predicted molar refractivity (Wildman–Crippen MR) is 98.2 cm³/mol. The number of carbonyl (C=O) groups is 1. The third-order valence-corrected chi connectivity index (χ3v) is 5.32. The largest absolute Gasteiger partial charge is 0.441 e. The molecular formula is C18H12F6N2O4S. The van der Waals surface area contributed by atoms with Gasteiger partial charge in [-0.3, -0.25) is 13.9 Å². The number of alkyl halides is 6. The number of benzene rings is 1. The minimum atomic E-state index is -5.98. The first-order valence-electron chi connectivity index (χ1n) is 8.41. The van der Waals surface area contributed by atoms with Gasteiger partial charge in [-0.25, -0.2) is 14.0 Å². The number of aromatic nitrogens is 2. The highest BCUT2D eigenvalue weighted by atomic mass is 32.1. The number of carbonyl (C=O) groups excluding carboxylic acids is 1. The van der Waals surface area contributed by atoms with Gasteiger partial charge in [-0.2, -0.15) is 22.0 Å². The Balaban J connectivity index is 2.08. The van der Waals surface area contributed by atoms with Gasteiger partial charge in [0, 0.05) is 12.4 Å². The Hall–Kier alpha value is -3.09. The molecule has 13 heteroatoms. The van der Waals surface area contributed by atoms with E-state index in [1.54, 1.807) is 30.3 Å². The summed E-state index contributed by atoms with van der Waals surface area (Å²) in [5.74, 6) is -2.04. The third kappa shape index (κ3) is 4.22. The zero-order chi connectivity index (χ0) is 23.1. The van der Waals surface area contributed by atoms with E-state index in [2.05, 4.69) is 4.74 Å². The van der Waals surface area contributed by atoms with Gasteiger partial charge in [0.2, 0.25) is 0 Å². The summed E-state index contributed by atoms with van der Waals surface area (Å²) < 4.78 is 82.0. The Bertz CT molecular complexity index is 1250. The second kappa shape index (κ2) is 7.87. The minimum Gasteiger partial charge on any atom is -0.395 e. The molecule has 0 radical (unpaired) electrons. The number of rotatable bonds is 5. The molecule has 1 unspecified atom stereocenters. The molecule has 0 aliphatic rings. The van der Waals surface area contributed by atoms with Crippen LogP contribution in [-0.2, 0) is 18.3 Å². The molecule has 0 saturated carbocycles. The number of nitrogens with zero attached hydrogens (tertiary/aromatic N) is 2. The fourth-order valence-corrected chi connectivity index (χ4v) is 3.76. The maximum atomic E-state index is 13.5. The molecule has 0 aliphatic heterocycles. The quantitative estimate of drug-likeness (QED) is 0.427. The van der Waals surface area contributed by atoms with Gasteiger partial charge in [0.05, 0.1) is 17.5 Å². The standard InChI is InChI=1S/C18H12F6N2O4S/c1-25-13-11(12(27)26(16(25)29)7-9-5-3-2-4-6-9)10(8-31-13)14(28)30-18(23,24)15(19)17(20,21)22/h2-6,8,15H,7H2,1H3. The van der Waals surface area contributed by atoms with Crippen LogP contribution in [0.2, 0.25) is 0 Å². The zero-order valence-electron chi connectivity index (χ0n) is 15.5. The molecule has 0 amide bonds. The van der Waals surface area contributed by atoms with E-state index in [-0.39, 0.29) is 11.4 Å². The number of esters is 1. The lowest BCUT2D eigenvalue weighted by Gasteiger charge is -2.21. The van der Waals surface area contributed by atoms with Gasteiger partial charge < -0.3 is 4.74 Å². The summed E-state index contributed by atoms with van der Waals surface area (Å²) >= 11 is 0.640. The van der Waals surface area contributed by atoms with Crippen molar-refractivity contribution in [1.29, 1.82) is 0 Å². The van der Waals surface area contributed by atoms with Crippen molar-refractivity contribution in [3.63, 3.8) is 0 Å². The minimum absolute atomic E-state index is 0.0952. The van der Waals surface area contributed by atoms with Crippen LogP contribution in [0, 0.1) is 0 Å². The molecule has 0 spiro atoms. The highest BCUT2D eigenvalue weighted by molar-refractivity contribution is 7.17. The third-order valence-electron chi connectivity index (χ3n) is 4.27. The van der Waals surface area contributed by atoms with Crippen LogP contribution >= 0.6 is 11.3 Å². The van der Waals surface area contributed by atoms with Gasteiger partial charge in [0.15, 0.2) is 0 Å². The van der Waals surface area contributed by atoms with E-state index in [1.807, 2.05) is 0 Å². The molecule has 0 N–H and O–H groups in total. The fraction of sp³-hybridized carbons (Fsp3) is 0.278. The van der Waals surface area contributed by atoms with Crippen LogP contribution in [-0.4, -0.2) is 33.6 Å². The maximum Gasteiger partial charge on any atom is 0.441 e. The van der Waals surface area contributed by atoms with E-state index in [4.69, 9.17) is 0 Å². The summed E-state index contributed by atoms with van der Waals surface area (Å²) in [6.07, 6.45) is -16.3. The molecule has 166 valence electrons. The van der Waals surface area contributed by atoms with E-state index >= 15 is 0 Å². The van der Waals surface area contributed by atoms with Gasteiger partial charge in [-0.1, -0.05) is 30.3 Å². The average molecular weight is 466 g/mol. The summed E-state index contributed by atoms with van der Waals surface area (Å²) in [6, 6.07) is 8.20. The van der Waals surface area contributed by atoms with Crippen molar-refractivity contribution < 1.29 is 35.9 Å². The van der Waals surface area contributed by atoms with Crippen LogP contribution in [0.4, 0.5) is 26.3 Å². The van der Waals surface area contributed by atoms with Crippen molar-refractivity contribution in [2.75, 3.05) is 0 Å². The maximum absolute atomic E-state index is 13.5. The van der Waals surface area contributed by atoms with Crippen LogP contribution < -0.4 is 11.2 Å². The van der Waals surface area contributed by atoms with E-state index in [1.165, 1.54) is 7.05 Å². The molecule has 6 nitrogen and oxygen atoms in total. The van der Waals surface area contributed by atoms with Gasteiger partial charge in [-0.15, -0.1) is 11.3 Å². The molecule has 31 heavy (non-hydrogen) atoms. The van der Waals surface area contributed by atoms with Crippen molar-refractivity contribution in [1.82, 2.24) is 9.13 Å². The fourth-order valence-electron chi connectivity index (χ4n) is 2.77. The van der Waals surface area contributed by atoms with Crippen molar-refractivity contribution in [2.45, 2.75) is 25.0 Å². The van der Waals surface area contributed by atoms with Crippen molar-refractivity contribution >= 4 is 27.5 Å². The molecular weight excluding hydrogens is 454 g/mol. The van der Waals surface area contributed by atoms with Gasteiger partial charge in [-0.05, 0) is 5.56 Å². The predicted octanol–water partition coefficient (Wildman–Crippen LogP) is 3.46. The molecule has 3 aromatic rings. The highest BCUT2D eigenvalue weighted by Gasteiger charge is 2.60. The Kier molecular flexibility index (Phi) is 5.74. The topological polar surface area (TPSA) is 70.3 Å². The highest BCUT2D eigenvalue weighted by Crippen LogP contribution is 2.36. The number of halogens is 6. The summed E-state index contributed by atoms with van der Waals surface area (Å²) in [5.41, 5.74) is -2.07. The van der Waals surface area contributed by atoms with E-state index in [9.17, 15) is 40.7 Å². The van der Waals surface area contributed by atoms with Crippen molar-refractivity contribution in [3.05, 3.63) is 67.7 Å². The molecule has 1 atom stereocenters. The van der Waals surface area contributed by atoms with Gasteiger partial charge in [0.25, 0.3) is 11.7 Å². The van der Waals surface area contributed by atoms with Crippen LogP contribution in [0.5, 0.6) is 0 Å². The number of thiophene rings is 1. The normalized spacial score (nSPS) is 13.4. The second-order valence-corrected chi connectivity index (χ2v) is 7.26. The van der Waals surface area contributed by atoms with Crippen LogP contribution in [0.1, 0.15) is 15.9 Å². The second-order valence-electron chi connectivity index (χ2n) is 6.40. The molecule has 3 rings (SSSR count). The summed E-state index contributed by atoms with van der Waals surface area (Å²) in [5, 5.41) is 0.365. The number of fused-ring (bicyclic) bond motifs is 1. The molecule has 0 bridgehead atoms. The molecule has 1 aromatic carbocycles.